The summed E-state index contributed by atoms with van der Waals surface area (Å²) in [6.07, 6.45) is 10.2. The molecule has 3 aliphatic rings. The molecule has 2 bridgehead atoms. The Morgan fingerprint density at radius 3 is 2.94 bits per heavy atom. The summed E-state index contributed by atoms with van der Waals surface area (Å²) in [5.41, 5.74) is 4.96. The maximum atomic E-state index is 4.70. The molecule has 4 rings (SSSR count). The van der Waals surface area contributed by atoms with Crippen LogP contribution in [0.5, 0.6) is 0 Å². The molecule has 86 valence electrons. The molecule has 0 amide bonds. The van der Waals surface area contributed by atoms with E-state index in [4.69, 9.17) is 4.99 Å². The number of nitrogens with zero attached hydrogens (tertiary/aromatic N) is 2. The maximum absolute atomic E-state index is 4.70. The summed E-state index contributed by atoms with van der Waals surface area (Å²) in [4.78, 5) is 9.19. The van der Waals surface area contributed by atoms with Gasteiger partial charge in [-0.3, -0.25) is 4.99 Å². The Morgan fingerprint density at radius 1 is 1.00 bits per heavy atom. The highest BCUT2D eigenvalue weighted by Gasteiger charge is 2.18. The molecule has 1 aromatic carbocycles. The topological polar surface area (TPSA) is 24.7 Å². The van der Waals surface area contributed by atoms with Gasteiger partial charge in [-0.05, 0) is 29.4 Å². The lowest BCUT2D eigenvalue weighted by molar-refractivity contribution is 1.19. The van der Waals surface area contributed by atoms with Gasteiger partial charge in [-0.1, -0.05) is 24.3 Å². The fourth-order valence-electron chi connectivity index (χ4n) is 2.68. The lowest BCUT2D eigenvalue weighted by Crippen LogP contribution is -2.23. The standard InChI is InChI=1S/C16H12N2/c1-2-4-15-13(3-1)14-10-12-9-11(7-8-17-12)5-6-16(14)18-15/h1-8H,9-10H2/b11-5-,16-6+. The fraction of sp³-hybridized carbons (Fsp3) is 0.125. The van der Waals surface area contributed by atoms with Crippen LogP contribution in [0.2, 0.25) is 0 Å². The molecule has 2 heterocycles. The zero-order valence-corrected chi connectivity index (χ0v) is 9.93. The summed E-state index contributed by atoms with van der Waals surface area (Å²) in [5.74, 6) is 0. The van der Waals surface area contributed by atoms with E-state index in [2.05, 4.69) is 41.4 Å². The second kappa shape index (κ2) is 3.64. The molecule has 0 unspecified atom stereocenters. The Bertz CT molecular complexity index is 774. The number of hydrogen-bond donors (Lipinski definition) is 0. The van der Waals surface area contributed by atoms with Gasteiger partial charge in [0.2, 0.25) is 0 Å². The van der Waals surface area contributed by atoms with E-state index in [1.807, 2.05) is 12.3 Å². The molecule has 1 aliphatic carbocycles. The zero-order valence-electron chi connectivity index (χ0n) is 9.93. The minimum Gasteiger partial charge on any atom is -0.265 e. The van der Waals surface area contributed by atoms with Crippen LogP contribution in [0.15, 0.2) is 69.9 Å². The average molecular weight is 232 g/mol. The monoisotopic (exact) mass is 232 g/mol. The molecule has 18 heavy (non-hydrogen) atoms. The van der Waals surface area contributed by atoms with Crippen molar-refractivity contribution in [1.29, 1.82) is 0 Å². The highest BCUT2D eigenvalue weighted by Crippen LogP contribution is 2.26. The summed E-state index contributed by atoms with van der Waals surface area (Å²) in [6.45, 7) is 0. The van der Waals surface area contributed by atoms with Crippen LogP contribution in [0.1, 0.15) is 12.8 Å². The number of hydrogen-bond acceptors (Lipinski definition) is 2. The van der Waals surface area contributed by atoms with E-state index < -0.39 is 0 Å². The third-order valence-electron chi connectivity index (χ3n) is 3.57. The Balaban J connectivity index is 2.02. The van der Waals surface area contributed by atoms with E-state index in [0.29, 0.717) is 0 Å². The minimum absolute atomic E-state index is 0.911. The van der Waals surface area contributed by atoms with Crippen molar-refractivity contribution in [2.75, 3.05) is 0 Å². The molecule has 2 aliphatic heterocycles. The number of allylic oxidation sites excluding steroid dienone is 5. The Labute approximate surface area is 105 Å². The van der Waals surface area contributed by atoms with Crippen LogP contribution >= 0.6 is 0 Å². The first-order valence-corrected chi connectivity index (χ1v) is 6.20. The molecular weight excluding hydrogens is 220 g/mol. The first-order chi connectivity index (χ1) is 8.90. The van der Waals surface area contributed by atoms with Crippen molar-refractivity contribution >= 4 is 11.3 Å². The van der Waals surface area contributed by atoms with Gasteiger partial charge in [0.05, 0.1) is 11.1 Å². The molecule has 2 nitrogen and oxygen atoms in total. The van der Waals surface area contributed by atoms with Crippen LogP contribution in [0.4, 0.5) is 0 Å². The van der Waals surface area contributed by atoms with Crippen LogP contribution in [-0.2, 0) is 0 Å². The first kappa shape index (κ1) is 9.77. The molecule has 2 heteroatoms. The summed E-state index contributed by atoms with van der Waals surface area (Å²) >= 11 is 0. The Hall–Kier alpha value is -2.22. The number of aliphatic imine (C=N–C) groups is 1. The van der Waals surface area contributed by atoms with Crippen molar-refractivity contribution in [3.05, 3.63) is 70.5 Å². The SMILES string of the molecule is C1=C/C2=C/C=C3/N=c4ccccc4=C3CC(=N1)C2. The number of benzene rings is 1. The van der Waals surface area contributed by atoms with Crippen LogP contribution < -0.4 is 10.6 Å². The number of fused-ring (bicyclic) bond motifs is 4. The van der Waals surface area contributed by atoms with E-state index in [9.17, 15) is 0 Å². The molecule has 0 spiro atoms. The number of rotatable bonds is 0. The van der Waals surface area contributed by atoms with Gasteiger partial charge in [0, 0.05) is 30.0 Å². The highest BCUT2D eigenvalue weighted by atomic mass is 14.8. The Kier molecular flexibility index (Phi) is 1.97. The molecule has 0 saturated heterocycles. The van der Waals surface area contributed by atoms with Gasteiger partial charge in [-0.2, -0.15) is 0 Å². The lowest BCUT2D eigenvalue weighted by atomic mass is 9.95. The van der Waals surface area contributed by atoms with E-state index >= 15 is 0 Å². The highest BCUT2D eigenvalue weighted by molar-refractivity contribution is 5.97. The Morgan fingerprint density at radius 2 is 1.94 bits per heavy atom. The quantitative estimate of drug-likeness (QED) is 0.654. The summed E-state index contributed by atoms with van der Waals surface area (Å²) < 4.78 is 0. The summed E-state index contributed by atoms with van der Waals surface area (Å²) in [7, 11) is 0. The van der Waals surface area contributed by atoms with Crippen LogP contribution in [0, 0.1) is 0 Å². The molecule has 0 fully saturated rings. The zero-order chi connectivity index (χ0) is 11.9. The second-order valence-electron chi connectivity index (χ2n) is 4.77. The van der Waals surface area contributed by atoms with E-state index in [1.54, 1.807) is 0 Å². The van der Waals surface area contributed by atoms with Crippen LogP contribution in [-0.4, -0.2) is 5.71 Å². The van der Waals surface area contributed by atoms with Gasteiger partial charge in [0.1, 0.15) is 0 Å². The van der Waals surface area contributed by atoms with Gasteiger partial charge in [-0.15, -0.1) is 0 Å². The van der Waals surface area contributed by atoms with E-state index in [-0.39, 0.29) is 0 Å². The third kappa shape index (κ3) is 1.42. The molecule has 1 aromatic rings. The number of para-hydroxylation sites is 1. The van der Waals surface area contributed by atoms with Crippen molar-refractivity contribution in [3.63, 3.8) is 0 Å². The van der Waals surface area contributed by atoms with Crippen LogP contribution in [0.3, 0.4) is 0 Å². The van der Waals surface area contributed by atoms with Gasteiger partial charge in [0.25, 0.3) is 0 Å². The van der Waals surface area contributed by atoms with Crippen molar-refractivity contribution < 1.29 is 0 Å². The molecule has 0 aromatic heterocycles. The third-order valence-corrected chi connectivity index (χ3v) is 3.57. The largest absolute Gasteiger partial charge is 0.265 e. The summed E-state index contributed by atoms with van der Waals surface area (Å²) in [6, 6.07) is 8.35. The van der Waals surface area contributed by atoms with E-state index in [1.165, 1.54) is 22.1 Å². The first-order valence-electron chi connectivity index (χ1n) is 6.20. The van der Waals surface area contributed by atoms with Crippen molar-refractivity contribution in [1.82, 2.24) is 0 Å². The fourth-order valence-corrected chi connectivity index (χ4v) is 2.68. The second-order valence-corrected chi connectivity index (χ2v) is 4.77. The van der Waals surface area contributed by atoms with Crippen LogP contribution in [0.25, 0.3) is 5.57 Å². The maximum Gasteiger partial charge on any atom is 0.0713 e. The minimum atomic E-state index is 0.911. The average Bonchev–Trinajstić information content (AvgIpc) is 2.74. The van der Waals surface area contributed by atoms with Crippen molar-refractivity contribution in [3.8, 4) is 0 Å². The van der Waals surface area contributed by atoms with Crippen molar-refractivity contribution in [2.45, 2.75) is 12.8 Å². The normalized spacial score (nSPS) is 25.6. The van der Waals surface area contributed by atoms with Crippen molar-refractivity contribution in [2.24, 2.45) is 9.98 Å². The molecular formula is C16H12N2. The molecule has 0 N–H and O–H groups in total. The lowest BCUT2D eigenvalue weighted by Gasteiger charge is -2.14. The molecule has 0 saturated carbocycles. The van der Waals surface area contributed by atoms with Gasteiger partial charge in [-0.25, -0.2) is 4.99 Å². The van der Waals surface area contributed by atoms with Gasteiger partial charge >= 0.3 is 0 Å². The van der Waals surface area contributed by atoms with Gasteiger partial charge < -0.3 is 0 Å². The molecule has 0 atom stereocenters. The summed E-state index contributed by atoms with van der Waals surface area (Å²) in [5, 5.41) is 2.35. The smallest absolute Gasteiger partial charge is 0.0713 e. The van der Waals surface area contributed by atoms with E-state index in [0.717, 1.165) is 23.9 Å². The molecule has 0 radical (unpaired) electrons. The van der Waals surface area contributed by atoms with Gasteiger partial charge in [0.15, 0.2) is 0 Å². The predicted octanol–water partition coefficient (Wildman–Crippen LogP) is 2.04. The predicted molar refractivity (Wildman–Crippen MR) is 72.6 cm³/mol.